The minimum atomic E-state index is -4.19. The van der Waals surface area contributed by atoms with Gasteiger partial charge in [0, 0.05) is 19.7 Å². The lowest BCUT2D eigenvalue weighted by Gasteiger charge is -2.11. The second-order valence-corrected chi connectivity index (χ2v) is 10.4. The van der Waals surface area contributed by atoms with Crippen molar-refractivity contribution in [1.82, 2.24) is 23.2 Å². The molecule has 1 heterocycles. The highest BCUT2D eigenvalue weighted by Crippen LogP contribution is 2.09. The molecule has 2 rings (SSSR count). The highest BCUT2D eigenvalue weighted by molar-refractivity contribution is 7.89. The smallest absolute Gasteiger partial charge is 0.323 e. The maximum atomic E-state index is 12.6. The van der Waals surface area contributed by atoms with Crippen LogP contribution in [0.25, 0.3) is 0 Å². The number of oxime groups is 1. The van der Waals surface area contributed by atoms with E-state index in [1.165, 1.54) is 14.1 Å². The third-order valence-corrected chi connectivity index (χ3v) is 6.65. The Hall–Kier alpha value is -2.35. The van der Waals surface area contributed by atoms with Gasteiger partial charge in [-0.3, -0.25) is 0 Å². The number of aryl methyl sites for hydroxylation is 1. The molecule has 0 aliphatic rings. The lowest BCUT2D eigenvalue weighted by molar-refractivity contribution is 0.0858. The molecule has 2 aromatic rings. The van der Waals surface area contributed by atoms with Gasteiger partial charge in [-0.15, -0.1) is 9.19 Å². The van der Waals surface area contributed by atoms with Gasteiger partial charge in [0.05, 0.1) is 6.54 Å². The number of nitrogens with one attached hydrogen (secondary N) is 1. The predicted molar refractivity (Wildman–Crippen MR) is 112 cm³/mol. The second-order valence-electron chi connectivity index (χ2n) is 6.76. The molecule has 166 valence electrons. The van der Waals surface area contributed by atoms with Crippen molar-refractivity contribution in [3.05, 3.63) is 41.7 Å². The van der Waals surface area contributed by atoms with Crippen LogP contribution in [0.4, 0.5) is 0 Å². The van der Waals surface area contributed by atoms with Gasteiger partial charge >= 0.3 is 10.2 Å². The average molecular weight is 459 g/mol. The molecule has 0 radical (unpaired) electrons. The summed E-state index contributed by atoms with van der Waals surface area (Å²) in [6.45, 7) is 5.43. The number of aromatic nitrogens is 3. The Morgan fingerprint density at radius 1 is 1.20 bits per heavy atom. The van der Waals surface area contributed by atoms with Crippen molar-refractivity contribution in [2.24, 2.45) is 5.16 Å². The first-order valence-electron chi connectivity index (χ1n) is 9.13. The van der Waals surface area contributed by atoms with E-state index in [2.05, 4.69) is 20.0 Å². The van der Waals surface area contributed by atoms with Gasteiger partial charge in [-0.1, -0.05) is 36.3 Å². The molecule has 0 spiro atoms. The van der Waals surface area contributed by atoms with Crippen LogP contribution in [0, 0.1) is 0 Å². The van der Waals surface area contributed by atoms with E-state index >= 15 is 0 Å². The molecule has 0 saturated heterocycles. The SMILES string of the molecule is CCc1ccc(/C(CNS(=O)(=O)c2ncn(S(=O)(=O)N(C)C)n2)=N/OC(C)C)cc1. The van der Waals surface area contributed by atoms with Crippen LogP contribution in [0.3, 0.4) is 0 Å². The van der Waals surface area contributed by atoms with Crippen molar-refractivity contribution in [3.8, 4) is 0 Å². The lowest BCUT2D eigenvalue weighted by atomic mass is 10.1. The van der Waals surface area contributed by atoms with E-state index in [0.29, 0.717) is 15.4 Å². The van der Waals surface area contributed by atoms with E-state index in [4.69, 9.17) is 4.84 Å². The molecular weight excluding hydrogens is 432 g/mol. The number of benzene rings is 1. The van der Waals surface area contributed by atoms with Gasteiger partial charge < -0.3 is 4.84 Å². The monoisotopic (exact) mass is 458 g/mol. The first-order chi connectivity index (χ1) is 14.0. The molecule has 1 N–H and O–H groups in total. The van der Waals surface area contributed by atoms with Crippen molar-refractivity contribution in [3.63, 3.8) is 0 Å². The standard InChI is InChI=1S/C17H26N6O5S2/c1-6-14-7-9-15(10-8-14)16(21-28-13(2)3)11-19-29(24,25)17-18-12-23(20-17)30(26,27)22(4)5/h7-10,12-13,19H,6,11H2,1-5H3/b21-16+. The summed E-state index contributed by atoms with van der Waals surface area (Å²) in [5.41, 5.74) is 2.17. The highest BCUT2D eigenvalue weighted by Gasteiger charge is 2.25. The summed E-state index contributed by atoms with van der Waals surface area (Å²) in [6, 6.07) is 7.49. The summed E-state index contributed by atoms with van der Waals surface area (Å²) < 4.78 is 53.0. The van der Waals surface area contributed by atoms with Gasteiger partial charge in [0.15, 0.2) is 0 Å². The first kappa shape index (κ1) is 23.9. The molecule has 0 atom stereocenters. The van der Waals surface area contributed by atoms with Crippen LogP contribution in [0.15, 0.2) is 40.9 Å². The van der Waals surface area contributed by atoms with Crippen molar-refractivity contribution >= 4 is 25.9 Å². The Labute approximate surface area is 177 Å². The van der Waals surface area contributed by atoms with E-state index in [0.717, 1.165) is 22.6 Å². The molecule has 0 aliphatic carbocycles. The van der Waals surface area contributed by atoms with Crippen LogP contribution in [0.1, 0.15) is 31.9 Å². The fourth-order valence-corrected chi connectivity index (χ4v) is 3.72. The average Bonchev–Trinajstić information content (AvgIpc) is 3.20. The zero-order valence-corrected chi connectivity index (χ0v) is 19.1. The maximum absolute atomic E-state index is 12.6. The number of nitrogens with zero attached hydrogens (tertiary/aromatic N) is 5. The zero-order valence-electron chi connectivity index (χ0n) is 17.5. The lowest BCUT2D eigenvalue weighted by Crippen LogP contribution is -2.32. The van der Waals surface area contributed by atoms with Gasteiger partial charge in [0.2, 0.25) is 0 Å². The molecule has 0 saturated carbocycles. The fraction of sp³-hybridized carbons (Fsp3) is 0.471. The third-order valence-electron chi connectivity index (χ3n) is 3.89. The van der Waals surface area contributed by atoms with Gasteiger partial charge in [-0.05, 0) is 25.8 Å². The quantitative estimate of drug-likeness (QED) is 0.407. The van der Waals surface area contributed by atoms with E-state index in [-0.39, 0.29) is 12.6 Å². The molecule has 1 aromatic heterocycles. The fourth-order valence-electron chi connectivity index (χ4n) is 2.15. The number of hydrogen-bond donors (Lipinski definition) is 1. The highest BCUT2D eigenvalue weighted by atomic mass is 32.2. The summed E-state index contributed by atoms with van der Waals surface area (Å²) in [6.07, 6.45) is 1.50. The molecule has 1 aromatic carbocycles. The Bertz CT molecular complexity index is 1090. The van der Waals surface area contributed by atoms with Crippen LogP contribution in [0.5, 0.6) is 0 Å². The normalized spacial score (nSPS) is 13.2. The van der Waals surface area contributed by atoms with E-state index in [1.807, 2.05) is 31.2 Å². The van der Waals surface area contributed by atoms with Crippen molar-refractivity contribution < 1.29 is 21.7 Å². The molecule has 0 amide bonds. The van der Waals surface area contributed by atoms with Crippen LogP contribution >= 0.6 is 0 Å². The minimum Gasteiger partial charge on any atom is -0.393 e. The number of sulfonamides is 1. The first-order valence-corrected chi connectivity index (χ1v) is 12.0. The molecule has 30 heavy (non-hydrogen) atoms. The molecule has 0 fully saturated rings. The zero-order chi connectivity index (χ0) is 22.5. The molecule has 0 unspecified atom stereocenters. The number of rotatable bonds is 10. The van der Waals surface area contributed by atoms with Gasteiger partial charge in [-0.25, -0.2) is 18.1 Å². The molecule has 13 heteroatoms. The van der Waals surface area contributed by atoms with Crippen LogP contribution in [0.2, 0.25) is 0 Å². The Balaban J connectivity index is 2.25. The predicted octanol–water partition coefficient (Wildman–Crippen LogP) is 0.603. The summed E-state index contributed by atoms with van der Waals surface area (Å²) in [5.74, 6) is 0. The second kappa shape index (κ2) is 9.64. The van der Waals surface area contributed by atoms with E-state index in [9.17, 15) is 16.8 Å². The molecular formula is C17H26N6O5S2. The molecule has 0 bridgehead atoms. The summed E-state index contributed by atoms with van der Waals surface area (Å²) >= 11 is 0. The summed E-state index contributed by atoms with van der Waals surface area (Å²) in [5, 5.41) is 6.96. The van der Waals surface area contributed by atoms with Crippen molar-refractivity contribution in [1.29, 1.82) is 0 Å². The van der Waals surface area contributed by atoms with Crippen LogP contribution in [-0.4, -0.2) is 67.8 Å². The minimum absolute atomic E-state index is 0.194. The van der Waals surface area contributed by atoms with Crippen LogP contribution in [-0.2, 0) is 31.5 Å². The topological polar surface area (TPSA) is 136 Å². The summed E-state index contributed by atoms with van der Waals surface area (Å²) in [4.78, 5) is 8.90. The Morgan fingerprint density at radius 3 is 2.37 bits per heavy atom. The van der Waals surface area contributed by atoms with E-state index in [1.54, 1.807) is 13.8 Å². The van der Waals surface area contributed by atoms with Crippen molar-refractivity contribution in [2.75, 3.05) is 20.6 Å². The van der Waals surface area contributed by atoms with Gasteiger partial charge in [-0.2, -0.15) is 12.7 Å². The van der Waals surface area contributed by atoms with E-state index < -0.39 is 25.4 Å². The molecule has 11 nitrogen and oxygen atoms in total. The number of hydrogen-bond acceptors (Lipinski definition) is 8. The van der Waals surface area contributed by atoms with Crippen LogP contribution < -0.4 is 4.72 Å². The van der Waals surface area contributed by atoms with Crippen molar-refractivity contribution in [2.45, 2.75) is 38.5 Å². The Kier molecular flexibility index (Phi) is 7.69. The maximum Gasteiger partial charge on any atom is 0.323 e. The molecule has 0 aliphatic heterocycles. The summed E-state index contributed by atoms with van der Waals surface area (Å²) in [7, 11) is -5.57. The van der Waals surface area contributed by atoms with Gasteiger partial charge in [0.1, 0.15) is 18.1 Å². The largest absolute Gasteiger partial charge is 0.393 e. The Morgan fingerprint density at radius 2 is 1.83 bits per heavy atom. The van der Waals surface area contributed by atoms with Gasteiger partial charge in [0.25, 0.3) is 15.2 Å². The third kappa shape index (κ3) is 5.84.